The minimum Gasteiger partial charge on any atom is -0.370 e. The molecule has 1 amide bonds. The molecule has 0 radical (unpaired) electrons. The first-order valence-electron chi connectivity index (χ1n) is 7.56. The Balaban J connectivity index is 1.93. The van der Waals surface area contributed by atoms with Crippen molar-refractivity contribution >= 4 is 17.6 Å². The Kier molecular flexibility index (Phi) is 5.20. The summed E-state index contributed by atoms with van der Waals surface area (Å²) in [5.41, 5.74) is 7.88. The number of carbonyl (C=O) groups excluding carboxylic acids is 1. The lowest BCUT2D eigenvalue weighted by molar-refractivity contribution is -0.117. The van der Waals surface area contributed by atoms with Crippen molar-refractivity contribution in [3.8, 4) is 0 Å². The van der Waals surface area contributed by atoms with Crippen molar-refractivity contribution in [1.29, 1.82) is 0 Å². The van der Waals surface area contributed by atoms with Crippen LogP contribution in [-0.2, 0) is 11.3 Å². The van der Waals surface area contributed by atoms with E-state index in [4.69, 9.17) is 5.73 Å². The van der Waals surface area contributed by atoms with Gasteiger partial charge in [0.1, 0.15) is 0 Å². The third-order valence-electron chi connectivity index (χ3n) is 3.76. The predicted octanol–water partition coefficient (Wildman–Crippen LogP) is 2.02. The van der Waals surface area contributed by atoms with E-state index in [1.807, 2.05) is 29.2 Å². The summed E-state index contributed by atoms with van der Waals surface area (Å²) in [7, 11) is 0. The molecular weight excluding hydrogens is 264 g/mol. The molecule has 1 fully saturated rings. The van der Waals surface area contributed by atoms with Crippen molar-refractivity contribution in [2.24, 2.45) is 10.7 Å². The number of rotatable bonds is 5. The molecule has 3 N–H and O–H groups in total. The second kappa shape index (κ2) is 7.11. The number of hydrogen-bond donors (Lipinski definition) is 2. The first-order valence-corrected chi connectivity index (χ1v) is 7.56. The zero-order valence-corrected chi connectivity index (χ0v) is 12.8. The number of amides is 1. The summed E-state index contributed by atoms with van der Waals surface area (Å²) in [6, 6.07) is 8.29. The number of guanidine groups is 1. The first-order chi connectivity index (χ1) is 10.1. The van der Waals surface area contributed by atoms with Gasteiger partial charge >= 0.3 is 0 Å². The molecule has 0 aliphatic carbocycles. The SMILES string of the molecule is CCC(C)NC(N)=NCc1ccc(N2CCCC2=O)cc1. The molecule has 114 valence electrons. The number of nitrogens with two attached hydrogens (primary N) is 1. The third-order valence-corrected chi connectivity index (χ3v) is 3.76. The second-order valence-electron chi connectivity index (χ2n) is 5.47. The van der Waals surface area contributed by atoms with E-state index in [0.29, 0.717) is 25.0 Å². The fourth-order valence-electron chi connectivity index (χ4n) is 2.28. The first kappa shape index (κ1) is 15.4. The van der Waals surface area contributed by atoms with Gasteiger partial charge in [-0.15, -0.1) is 0 Å². The summed E-state index contributed by atoms with van der Waals surface area (Å²) < 4.78 is 0. The number of aliphatic imine (C=N–C) groups is 1. The Bertz CT molecular complexity index is 510. The Morgan fingerprint density at radius 2 is 2.14 bits per heavy atom. The lowest BCUT2D eigenvalue weighted by Crippen LogP contribution is -2.38. The van der Waals surface area contributed by atoms with E-state index in [0.717, 1.165) is 30.6 Å². The lowest BCUT2D eigenvalue weighted by atomic mass is 10.2. The third kappa shape index (κ3) is 4.21. The van der Waals surface area contributed by atoms with E-state index in [-0.39, 0.29) is 5.91 Å². The number of carbonyl (C=O) groups is 1. The van der Waals surface area contributed by atoms with Crippen LogP contribution in [0.5, 0.6) is 0 Å². The quantitative estimate of drug-likeness (QED) is 0.643. The molecule has 0 spiro atoms. The van der Waals surface area contributed by atoms with Crippen LogP contribution < -0.4 is 16.0 Å². The molecule has 1 saturated heterocycles. The standard InChI is InChI=1S/C16H24N4O/c1-3-12(2)19-16(17)18-11-13-6-8-14(9-7-13)20-10-4-5-15(20)21/h6-9,12H,3-5,10-11H2,1-2H3,(H3,17,18,19). The molecule has 1 aromatic carbocycles. The molecule has 2 rings (SSSR count). The van der Waals surface area contributed by atoms with Crippen LogP contribution in [-0.4, -0.2) is 24.5 Å². The molecule has 1 aliphatic heterocycles. The maximum Gasteiger partial charge on any atom is 0.227 e. The van der Waals surface area contributed by atoms with Crippen LogP contribution in [0.1, 0.15) is 38.7 Å². The van der Waals surface area contributed by atoms with Crippen molar-refractivity contribution in [3.05, 3.63) is 29.8 Å². The molecule has 5 nitrogen and oxygen atoms in total. The van der Waals surface area contributed by atoms with Crippen LogP contribution in [0.3, 0.4) is 0 Å². The molecule has 0 saturated carbocycles. The molecule has 0 bridgehead atoms. The van der Waals surface area contributed by atoms with Crippen molar-refractivity contribution < 1.29 is 4.79 Å². The van der Waals surface area contributed by atoms with Gasteiger partial charge in [0.2, 0.25) is 5.91 Å². The highest BCUT2D eigenvalue weighted by molar-refractivity contribution is 5.95. The van der Waals surface area contributed by atoms with Gasteiger partial charge in [0, 0.05) is 24.7 Å². The highest BCUT2D eigenvalue weighted by atomic mass is 16.2. The van der Waals surface area contributed by atoms with Crippen molar-refractivity contribution in [1.82, 2.24) is 5.32 Å². The molecule has 5 heteroatoms. The fourth-order valence-corrected chi connectivity index (χ4v) is 2.28. The molecule has 1 aliphatic rings. The van der Waals surface area contributed by atoms with Gasteiger partial charge in [-0.25, -0.2) is 4.99 Å². The highest BCUT2D eigenvalue weighted by Gasteiger charge is 2.21. The molecule has 21 heavy (non-hydrogen) atoms. The fraction of sp³-hybridized carbons (Fsp3) is 0.500. The smallest absolute Gasteiger partial charge is 0.227 e. The van der Waals surface area contributed by atoms with Gasteiger partial charge in [0.15, 0.2) is 5.96 Å². The van der Waals surface area contributed by atoms with E-state index in [2.05, 4.69) is 24.2 Å². The summed E-state index contributed by atoms with van der Waals surface area (Å²) in [6.45, 7) is 5.54. The Morgan fingerprint density at radius 1 is 1.43 bits per heavy atom. The minimum atomic E-state index is 0.211. The molecule has 1 atom stereocenters. The topological polar surface area (TPSA) is 70.7 Å². The Morgan fingerprint density at radius 3 is 2.71 bits per heavy atom. The zero-order chi connectivity index (χ0) is 15.2. The van der Waals surface area contributed by atoms with Crippen LogP contribution in [0, 0.1) is 0 Å². The summed E-state index contributed by atoms with van der Waals surface area (Å²) >= 11 is 0. The van der Waals surface area contributed by atoms with Crippen LogP contribution in [0.4, 0.5) is 5.69 Å². The maximum absolute atomic E-state index is 11.7. The zero-order valence-electron chi connectivity index (χ0n) is 12.8. The summed E-state index contributed by atoms with van der Waals surface area (Å²) in [6.07, 6.45) is 2.61. The van der Waals surface area contributed by atoms with Gasteiger partial charge in [-0.1, -0.05) is 19.1 Å². The van der Waals surface area contributed by atoms with Crippen LogP contribution in [0.2, 0.25) is 0 Å². The van der Waals surface area contributed by atoms with Crippen molar-refractivity contribution in [3.63, 3.8) is 0 Å². The predicted molar refractivity (Wildman–Crippen MR) is 86.2 cm³/mol. The number of anilines is 1. The van der Waals surface area contributed by atoms with Gasteiger partial charge in [-0.3, -0.25) is 4.79 Å². The van der Waals surface area contributed by atoms with Gasteiger partial charge in [0.25, 0.3) is 0 Å². The van der Waals surface area contributed by atoms with E-state index in [1.165, 1.54) is 0 Å². The van der Waals surface area contributed by atoms with E-state index in [9.17, 15) is 4.79 Å². The Labute approximate surface area is 126 Å². The average Bonchev–Trinajstić information content (AvgIpc) is 2.91. The number of benzene rings is 1. The molecule has 1 aromatic rings. The summed E-state index contributed by atoms with van der Waals surface area (Å²) in [4.78, 5) is 17.9. The Hall–Kier alpha value is -2.04. The molecule has 1 heterocycles. The second-order valence-corrected chi connectivity index (χ2v) is 5.47. The van der Waals surface area contributed by atoms with Gasteiger partial charge in [0.05, 0.1) is 6.54 Å². The molecule has 1 unspecified atom stereocenters. The van der Waals surface area contributed by atoms with Crippen LogP contribution >= 0.6 is 0 Å². The minimum absolute atomic E-state index is 0.211. The van der Waals surface area contributed by atoms with Crippen LogP contribution in [0.25, 0.3) is 0 Å². The average molecular weight is 288 g/mol. The van der Waals surface area contributed by atoms with E-state index >= 15 is 0 Å². The van der Waals surface area contributed by atoms with Crippen molar-refractivity contribution in [2.45, 2.75) is 45.7 Å². The van der Waals surface area contributed by atoms with Gasteiger partial charge < -0.3 is 16.0 Å². The maximum atomic E-state index is 11.7. The van der Waals surface area contributed by atoms with Crippen LogP contribution in [0.15, 0.2) is 29.3 Å². The highest BCUT2D eigenvalue weighted by Crippen LogP contribution is 2.21. The lowest BCUT2D eigenvalue weighted by Gasteiger charge is -2.15. The number of nitrogens with one attached hydrogen (secondary N) is 1. The van der Waals surface area contributed by atoms with E-state index < -0.39 is 0 Å². The summed E-state index contributed by atoms with van der Waals surface area (Å²) in [5.74, 6) is 0.686. The largest absolute Gasteiger partial charge is 0.370 e. The van der Waals surface area contributed by atoms with Crippen molar-refractivity contribution in [2.75, 3.05) is 11.4 Å². The summed E-state index contributed by atoms with van der Waals surface area (Å²) in [5, 5.41) is 3.14. The van der Waals surface area contributed by atoms with Gasteiger partial charge in [-0.2, -0.15) is 0 Å². The number of hydrogen-bond acceptors (Lipinski definition) is 2. The van der Waals surface area contributed by atoms with Gasteiger partial charge in [-0.05, 0) is 37.5 Å². The monoisotopic (exact) mass is 288 g/mol. The normalized spacial score (nSPS) is 17.1. The molecule has 0 aromatic heterocycles. The van der Waals surface area contributed by atoms with E-state index in [1.54, 1.807) is 0 Å². The molecular formula is C16H24N4O. The number of nitrogens with zero attached hydrogens (tertiary/aromatic N) is 2.